The average Bonchev–Trinajstić information content (AvgIpc) is 2.30. The van der Waals surface area contributed by atoms with E-state index in [4.69, 9.17) is 0 Å². The zero-order valence-corrected chi connectivity index (χ0v) is 9.78. The standard InChI is InChI=1S/C12H19N3O/c1-2-3-10-4-6-15(7-5-10)11-8-12(16)14-13-9-11/h8-10H,2-7H2,1H3,(H,14,16). The van der Waals surface area contributed by atoms with Gasteiger partial charge in [0.1, 0.15) is 0 Å². The van der Waals surface area contributed by atoms with Crippen LogP contribution in [-0.2, 0) is 0 Å². The molecule has 1 N–H and O–H groups in total. The molecular formula is C12H19N3O. The molecule has 1 aromatic rings. The number of nitrogens with zero attached hydrogens (tertiary/aromatic N) is 2. The third kappa shape index (κ3) is 2.62. The molecule has 88 valence electrons. The number of rotatable bonds is 3. The summed E-state index contributed by atoms with van der Waals surface area (Å²) in [5, 5.41) is 6.24. The molecule has 0 aliphatic carbocycles. The van der Waals surface area contributed by atoms with Crippen molar-refractivity contribution in [1.82, 2.24) is 10.2 Å². The predicted molar refractivity (Wildman–Crippen MR) is 64.7 cm³/mol. The fourth-order valence-electron chi connectivity index (χ4n) is 2.43. The highest BCUT2D eigenvalue weighted by atomic mass is 16.1. The fourth-order valence-corrected chi connectivity index (χ4v) is 2.43. The summed E-state index contributed by atoms with van der Waals surface area (Å²) in [5.74, 6) is 0.871. The largest absolute Gasteiger partial charge is 0.370 e. The van der Waals surface area contributed by atoms with Gasteiger partial charge in [0.25, 0.3) is 5.56 Å². The first-order valence-electron chi connectivity index (χ1n) is 6.09. The van der Waals surface area contributed by atoms with Crippen molar-refractivity contribution in [1.29, 1.82) is 0 Å². The summed E-state index contributed by atoms with van der Waals surface area (Å²) in [5.41, 5.74) is 0.840. The monoisotopic (exact) mass is 221 g/mol. The van der Waals surface area contributed by atoms with Gasteiger partial charge in [-0.1, -0.05) is 19.8 Å². The number of aromatic amines is 1. The van der Waals surface area contributed by atoms with Crippen LogP contribution in [0.3, 0.4) is 0 Å². The van der Waals surface area contributed by atoms with Crippen LogP contribution >= 0.6 is 0 Å². The Morgan fingerprint density at radius 3 is 2.88 bits per heavy atom. The van der Waals surface area contributed by atoms with Crippen LogP contribution in [0.1, 0.15) is 32.6 Å². The lowest BCUT2D eigenvalue weighted by Crippen LogP contribution is -2.34. The normalized spacial score (nSPS) is 17.7. The van der Waals surface area contributed by atoms with Gasteiger partial charge in [0.15, 0.2) is 0 Å². The molecule has 1 fully saturated rings. The molecule has 1 aromatic heterocycles. The van der Waals surface area contributed by atoms with Crippen molar-refractivity contribution in [2.45, 2.75) is 32.6 Å². The van der Waals surface area contributed by atoms with Crippen molar-refractivity contribution in [2.24, 2.45) is 5.92 Å². The molecule has 1 aliphatic rings. The number of hydrogen-bond acceptors (Lipinski definition) is 3. The van der Waals surface area contributed by atoms with E-state index in [0.29, 0.717) is 0 Å². The van der Waals surface area contributed by atoms with Gasteiger partial charge in [-0.05, 0) is 18.8 Å². The second kappa shape index (κ2) is 5.14. The second-order valence-corrected chi connectivity index (χ2v) is 4.52. The average molecular weight is 221 g/mol. The molecule has 0 spiro atoms. The maximum atomic E-state index is 11.2. The topological polar surface area (TPSA) is 49.0 Å². The molecule has 0 bridgehead atoms. The minimum absolute atomic E-state index is 0.117. The van der Waals surface area contributed by atoms with Gasteiger partial charge in [-0.2, -0.15) is 5.10 Å². The number of H-pyrrole nitrogens is 1. The number of nitrogens with one attached hydrogen (secondary N) is 1. The van der Waals surface area contributed by atoms with Crippen LogP contribution in [0.15, 0.2) is 17.1 Å². The van der Waals surface area contributed by atoms with E-state index in [2.05, 4.69) is 22.0 Å². The molecule has 1 saturated heterocycles. The Morgan fingerprint density at radius 1 is 1.50 bits per heavy atom. The summed E-state index contributed by atoms with van der Waals surface area (Å²) in [6.07, 6.45) is 6.82. The molecular weight excluding hydrogens is 202 g/mol. The fraction of sp³-hybridized carbons (Fsp3) is 0.667. The molecule has 0 saturated carbocycles. The molecule has 0 amide bonds. The van der Waals surface area contributed by atoms with E-state index in [0.717, 1.165) is 24.7 Å². The summed E-state index contributed by atoms with van der Waals surface area (Å²) in [6, 6.07) is 1.63. The zero-order valence-electron chi connectivity index (χ0n) is 9.78. The lowest BCUT2D eigenvalue weighted by atomic mass is 9.92. The van der Waals surface area contributed by atoms with Crippen molar-refractivity contribution in [3.05, 3.63) is 22.6 Å². The van der Waals surface area contributed by atoms with Crippen LogP contribution < -0.4 is 10.5 Å². The van der Waals surface area contributed by atoms with Gasteiger partial charge >= 0.3 is 0 Å². The molecule has 4 heteroatoms. The smallest absolute Gasteiger partial charge is 0.266 e. The number of hydrogen-bond donors (Lipinski definition) is 1. The highest BCUT2D eigenvalue weighted by molar-refractivity contribution is 5.42. The summed E-state index contributed by atoms with van der Waals surface area (Å²) < 4.78 is 0. The lowest BCUT2D eigenvalue weighted by molar-refractivity contribution is 0.378. The Hall–Kier alpha value is -1.32. The van der Waals surface area contributed by atoms with E-state index < -0.39 is 0 Å². The van der Waals surface area contributed by atoms with Gasteiger partial charge in [-0.25, -0.2) is 5.10 Å². The van der Waals surface area contributed by atoms with Crippen molar-refractivity contribution in [3.63, 3.8) is 0 Å². The first kappa shape index (κ1) is 11.2. The van der Waals surface area contributed by atoms with Crippen LogP contribution in [0.4, 0.5) is 5.69 Å². The highest BCUT2D eigenvalue weighted by Gasteiger charge is 2.18. The molecule has 0 unspecified atom stereocenters. The maximum Gasteiger partial charge on any atom is 0.266 e. The Labute approximate surface area is 95.7 Å². The van der Waals surface area contributed by atoms with Gasteiger partial charge in [0.05, 0.1) is 11.9 Å². The summed E-state index contributed by atoms with van der Waals surface area (Å²) in [4.78, 5) is 13.4. The Morgan fingerprint density at radius 2 is 2.25 bits per heavy atom. The van der Waals surface area contributed by atoms with Gasteiger partial charge in [-0.15, -0.1) is 0 Å². The molecule has 0 radical (unpaired) electrons. The number of anilines is 1. The first-order chi connectivity index (χ1) is 7.79. The van der Waals surface area contributed by atoms with Crippen molar-refractivity contribution in [3.8, 4) is 0 Å². The Balaban J connectivity index is 1.96. The third-order valence-corrected chi connectivity index (χ3v) is 3.33. The van der Waals surface area contributed by atoms with Crippen LogP contribution in [-0.4, -0.2) is 23.3 Å². The van der Waals surface area contributed by atoms with Crippen LogP contribution in [0.5, 0.6) is 0 Å². The maximum absolute atomic E-state index is 11.2. The predicted octanol–water partition coefficient (Wildman–Crippen LogP) is 1.79. The van der Waals surface area contributed by atoms with Crippen LogP contribution in [0.2, 0.25) is 0 Å². The second-order valence-electron chi connectivity index (χ2n) is 4.52. The van der Waals surface area contributed by atoms with Crippen LogP contribution in [0.25, 0.3) is 0 Å². The van der Waals surface area contributed by atoms with E-state index in [1.165, 1.54) is 25.7 Å². The SMILES string of the molecule is CCCC1CCN(c2cn[nH]c(=O)c2)CC1. The van der Waals surface area contributed by atoms with Crippen molar-refractivity contribution >= 4 is 5.69 Å². The van der Waals surface area contributed by atoms with E-state index in [1.807, 2.05) is 0 Å². The minimum atomic E-state index is -0.117. The summed E-state index contributed by atoms with van der Waals surface area (Å²) >= 11 is 0. The van der Waals surface area contributed by atoms with Gasteiger partial charge in [0, 0.05) is 19.2 Å². The third-order valence-electron chi connectivity index (χ3n) is 3.33. The zero-order chi connectivity index (χ0) is 11.4. The van der Waals surface area contributed by atoms with Crippen molar-refractivity contribution in [2.75, 3.05) is 18.0 Å². The van der Waals surface area contributed by atoms with Gasteiger partial charge in [0.2, 0.25) is 0 Å². The molecule has 16 heavy (non-hydrogen) atoms. The number of aromatic nitrogens is 2. The Bertz CT molecular complexity index is 380. The summed E-state index contributed by atoms with van der Waals surface area (Å²) in [7, 11) is 0. The molecule has 4 nitrogen and oxygen atoms in total. The minimum Gasteiger partial charge on any atom is -0.370 e. The van der Waals surface area contributed by atoms with Gasteiger partial charge < -0.3 is 4.90 Å². The van der Waals surface area contributed by atoms with E-state index in [9.17, 15) is 4.79 Å². The molecule has 2 heterocycles. The Kier molecular flexibility index (Phi) is 3.59. The van der Waals surface area contributed by atoms with E-state index in [1.54, 1.807) is 12.3 Å². The van der Waals surface area contributed by atoms with E-state index in [-0.39, 0.29) is 5.56 Å². The molecule has 1 aliphatic heterocycles. The molecule has 0 aromatic carbocycles. The van der Waals surface area contributed by atoms with Crippen molar-refractivity contribution < 1.29 is 0 Å². The lowest BCUT2D eigenvalue weighted by Gasteiger charge is -2.33. The van der Waals surface area contributed by atoms with E-state index >= 15 is 0 Å². The van der Waals surface area contributed by atoms with Gasteiger partial charge in [-0.3, -0.25) is 4.79 Å². The summed E-state index contributed by atoms with van der Waals surface area (Å²) in [6.45, 7) is 4.35. The van der Waals surface area contributed by atoms with Crippen LogP contribution in [0, 0.1) is 5.92 Å². The first-order valence-corrected chi connectivity index (χ1v) is 6.09. The quantitative estimate of drug-likeness (QED) is 0.846. The highest BCUT2D eigenvalue weighted by Crippen LogP contribution is 2.24. The molecule has 0 atom stereocenters. The number of piperidine rings is 1. The molecule has 2 rings (SSSR count).